The molecular formula is C56H40N2. The smallest absolute Gasteiger partial charge is 0.0748 e. The molecule has 2 aliphatic heterocycles. The Morgan fingerprint density at radius 1 is 0.241 bits per heavy atom. The Balaban J connectivity index is 1.13. The number of hydrogen-bond acceptors (Lipinski definition) is 2. The van der Waals surface area contributed by atoms with Crippen LogP contribution in [0.1, 0.15) is 44.5 Å². The van der Waals surface area contributed by atoms with E-state index >= 15 is 0 Å². The molecule has 0 saturated carbocycles. The van der Waals surface area contributed by atoms with Crippen molar-refractivity contribution in [3.63, 3.8) is 0 Å². The van der Waals surface area contributed by atoms with Crippen LogP contribution in [0, 0.1) is 0 Å². The molecule has 9 aromatic carbocycles. The molecule has 0 radical (unpaired) electrons. The zero-order chi connectivity index (χ0) is 38.5. The van der Waals surface area contributed by atoms with E-state index in [1.54, 1.807) is 0 Å². The van der Waals surface area contributed by atoms with Gasteiger partial charge in [-0.25, -0.2) is 0 Å². The predicted molar refractivity (Wildman–Crippen MR) is 240 cm³/mol. The van der Waals surface area contributed by atoms with Crippen molar-refractivity contribution in [2.45, 2.75) is 10.8 Å². The molecule has 11 rings (SSSR count). The van der Waals surface area contributed by atoms with E-state index in [9.17, 15) is 0 Å². The molecule has 274 valence electrons. The summed E-state index contributed by atoms with van der Waals surface area (Å²) in [6.07, 6.45) is 0. The van der Waals surface area contributed by atoms with Crippen LogP contribution in [0.5, 0.6) is 0 Å². The van der Waals surface area contributed by atoms with Crippen LogP contribution in [0.2, 0.25) is 0 Å². The van der Waals surface area contributed by atoms with E-state index in [0.29, 0.717) is 0 Å². The Hall–Kier alpha value is -7.42. The molecule has 0 aromatic heterocycles. The second kappa shape index (κ2) is 13.7. The van der Waals surface area contributed by atoms with Gasteiger partial charge in [-0.3, -0.25) is 0 Å². The lowest BCUT2D eigenvalue weighted by atomic mass is 9.61. The standard InChI is InChI=1S/C56H40N2/c1-5-19-41(20-6-1)55(42-21-7-2-8-22-42)47-29-13-15-31-49(47)57-51-33-17-27-45(53(51)55)39-35-37-40(38-36-39)46-28-18-34-52-54(46)56(43-23-9-3-10-24-43,44-25-11-4-12-26-44)48-30-14-16-32-50(48)58-52/h1-38,57-58H. The quantitative estimate of drug-likeness (QED) is 0.177. The van der Waals surface area contributed by atoms with Gasteiger partial charge in [0.2, 0.25) is 0 Å². The highest BCUT2D eigenvalue weighted by Crippen LogP contribution is 2.58. The van der Waals surface area contributed by atoms with Gasteiger partial charge in [-0.1, -0.05) is 206 Å². The summed E-state index contributed by atoms with van der Waals surface area (Å²) in [5.41, 5.74) is 18.1. The molecule has 0 fully saturated rings. The summed E-state index contributed by atoms with van der Waals surface area (Å²) in [6, 6.07) is 84.4. The van der Waals surface area contributed by atoms with Crippen LogP contribution in [0.15, 0.2) is 231 Å². The van der Waals surface area contributed by atoms with Gasteiger partial charge >= 0.3 is 0 Å². The molecule has 58 heavy (non-hydrogen) atoms. The number of para-hydroxylation sites is 2. The third kappa shape index (κ3) is 4.98. The molecule has 0 atom stereocenters. The average molecular weight is 741 g/mol. The first kappa shape index (κ1) is 33.9. The lowest BCUT2D eigenvalue weighted by molar-refractivity contribution is 0.742. The predicted octanol–water partition coefficient (Wildman–Crippen LogP) is 13.9. The van der Waals surface area contributed by atoms with Gasteiger partial charge in [0.1, 0.15) is 0 Å². The third-order valence-corrected chi connectivity index (χ3v) is 12.4. The number of anilines is 4. The van der Waals surface area contributed by atoms with Crippen molar-refractivity contribution in [1.82, 2.24) is 0 Å². The van der Waals surface area contributed by atoms with Crippen molar-refractivity contribution >= 4 is 22.7 Å². The van der Waals surface area contributed by atoms with Gasteiger partial charge in [0, 0.05) is 33.9 Å². The fourth-order valence-electron chi connectivity index (χ4n) is 10.1. The highest BCUT2D eigenvalue weighted by molar-refractivity contribution is 5.91. The monoisotopic (exact) mass is 740 g/mol. The van der Waals surface area contributed by atoms with Crippen LogP contribution in [-0.4, -0.2) is 0 Å². The van der Waals surface area contributed by atoms with E-state index in [4.69, 9.17) is 0 Å². The van der Waals surface area contributed by atoms with E-state index in [1.807, 2.05) is 0 Å². The molecule has 0 saturated heterocycles. The van der Waals surface area contributed by atoms with Crippen molar-refractivity contribution in [1.29, 1.82) is 0 Å². The molecule has 0 amide bonds. The minimum Gasteiger partial charge on any atom is -0.355 e. The highest BCUT2D eigenvalue weighted by Gasteiger charge is 2.47. The number of rotatable bonds is 6. The lowest BCUT2D eigenvalue weighted by Crippen LogP contribution is -2.36. The van der Waals surface area contributed by atoms with Crippen LogP contribution in [0.25, 0.3) is 22.3 Å². The van der Waals surface area contributed by atoms with Crippen LogP contribution in [0.4, 0.5) is 22.7 Å². The lowest BCUT2D eigenvalue weighted by Gasteiger charge is -2.44. The summed E-state index contributed by atoms with van der Waals surface area (Å²) in [6.45, 7) is 0. The Morgan fingerprint density at radius 3 is 0.879 bits per heavy atom. The summed E-state index contributed by atoms with van der Waals surface area (Å²) in [5.74, 6) is 0. The van der Waals surface area contributed by atoms with Gasteiger partial charge in [-0.2, -0.15) is 0 Å². The fourth-order valence-corrected chi connectivity index (χ4v) is 10.1. The zero-order valence-electron chi connectivity index (χ0n) is 31.9. The van der Waals surface area contributed by atoms with Crippen LogP contribution in [0.3, 0.4) is 0 Å². The first-order chi connectivity index (χ1) is 28.8. The SMILES string of the molecule is c1ccc(C2(c3ccccc3)c3ccccc3Nc3cccc(-c4ccc(-c5cccc6c5C(c5ccccc5)(c5ccccc5)c5ccccc5N6)cc4)c32)cc1. The number of benzene rings is 9. The average Bonchev–Trinajstić information content (AvgIpc) is 3.31. The summed E-state index contributed by atoms with van der Waals surface area (Å²) in [7, 11) is 0. The molecule has 0 aliphatic carbocycles. The fraction of sp³-hybridized carbons (Fsp3) is 0.0357. The maximum absolute atomic E-state index is 3.86. The van der Waals surface area contributed by atoms with E-state index in [0.717, 1.165) is 22.7 Å². The molecule has 0 spiro atoms. The normalized spacial score (nSPS) is 14.1. The molecule has 2 aliphatic rings. The Bertz CT molecular complexity index is 2640. The maximum atomic E-state index is 3.86. The summed E-state index contributed by atoms with van der Waals surface area (Å²) >= 11 is 0. The first-order valence-corrected chi connectivity index (χ1v) is 20.1. The van der Waals surface area contributed by atoms with Crippen LogP contribution < -0.4 is 10.6 Å². The Morgan fingerprint density at radius 2 is 0.534 bits per heavy atom. The third-order valence-electron chi connectivity index (χ3n) is 12.4. The van der Waals surface area contributed by atoms with Gasteiger partial charge in [0.25, 0.3) is 0 Å². The summed E-state index contributed by atoms with van der Waals surface area (Å²) in [4.78, 5) is 0. The topological polar surface area (TPSA) is 24.1 Å². The van der Waals surface area contributed by atoms with Crippen molar-refractivity contribution in [3.8, 4) is 22.3 Å². The molecule has 2 heteroatoms. The van der Waals surface area contributed by atoms with Crippen molar-refractivity contribution in [3.05, 3.63) is 275 Å². The number of fused-ring (bicyclic) bond motifs is 4. The molecule has 9 aromatic rings. The summed E-state index contributed by atoms with van der Waals surface area (Å²) < 4.78 is 0. The summed E-state index contributed by atoms with van der Waals surface area (Å²) in [5, 5.41) is 7.72. The minimum atomic E-state index is -0.558. The van der Waals surface area contributed by atoms with Gasteiger partial charge in [-0.15, -0.1) is 0 Å². The minimum absolute atomic E-state index is 0.558. The second-order valence-corrected chi connectivity index (χ2v) is 15.3. The van der Waals surface area contributed by atoms with Crippen molar-refractivity contribution in [2.75, 3.05) is 10.6 Å². The van der Waals surface area contributed by atoms with Crippen molar-refractivity contribution < 1.29 is 0 Å². The van der Waals surface area contributed by atoms with Crippen molar-refractivity contribution in [2.24, 2.45) is 0 Å². The molecule has 2 N–H and O–H groups in total. The zero-order valence-corrected chi connectivity index (χ0v) is 31.9. The molecule has 2 nitrogen and oxygen atoms in total. The van der Waals surface area contributed by atoms with E-state index in [2.05, 4.69) is 241 Å². The van der Waals surface area contributed by atoms with E-state index < -0.39 is 10.8 Å². The van der Waals surface area contributed by atoms with E-state index in [1.165, 1.54) is 66.8 Å². The van der Waals surface area contributed by atoms with Crippen LogP contribution >= 0.6 is 0 Å². The van der Waals surface area contributed by atoms with Gasteiger partial charge < -0.3 is 10.6 Å². The Labute approximate surface area is 340 Å². The van der Waals surface area contributed by atoms with Crippen LogP contribution in [-0.2, 0) is 10.8 Å². The number of nitrogens with one attached hydrogen (secondary N) is 2. The first-order valence-electron chi connectivity index (χ1n) is 20.1. The van der Waals surface area contributed by atoms with E-state index in [-0.39, 0.29) is 0 Å². The highest BCUT2D eigenvalue weighted by atomic mass is 14.9. The second-order valence-electron chi connectivity index (χ2n) is 15.3. The van der Waals surface area contributed by atoms with Gasteiger partial charge in [0.15, 0.2) is 0 Å². The Kier molecular flexibility index (Phi) is 7.97. The maximum Gasteiger partial charge on any atom is 0.0748 e. The molecule has 0 unspecified atom stereocenters. The molecule has 2 heterocycles. The largest absolute Gasteiger partial charge is 0.355 e. The van der Waals surface area contributed by atoms with Gasteiger partial charge in [0.05, 0.1) is 10.8 Å². The number of hydrogen-bond donors (Lipinski definition) is 2. The molecule has 0 bridgehead atoms. The molecular weight excluding hydrogens is 701 g/mol. The van der Waals surface area contributed by atoms with Gasteiger partial charge in [-0.05, 0) is 79.9 Å².